The molecule has 2 bridgehead atoms. The van der Waals surface area contributed by atoms with Crippen LogP contribution in [0.15, 0.2) is 12.3 Å². The third-order valence-electron chi connectivity index (χ3n) is 7.10. The summed E-state index contributed by atoms with van der Waals surface area (Å²) in [5.74, 6) is 1.23. The van der Waals surface area contributed by atoms with Crippen LogP contribution in [0.4, 0.5) is 0 Å². The standard InChI is InChI=1S/C26H34IN8O3P/c1-7-37-25-18-8-9-20-19-10-21(28-11-22(19)35(30-20)39-27)24-17(4)29-33(6)26(24)38-14-16(3)32(5)12-23(18)34(31-25)15(2)13-36/h8-11,15-16,36,39H,7,12-14H2,1-6H3/b9-8+. The molecule has 1 aliphatic heterocycles. The summed E-state index contributed by atoms with van der Waals surface area (Å²) < 4.78 is 18.0. The Morgan fingerprint density at radius 3 is 2.77 bits per heavy atom. The normalized spacial score (nSPS) is 18.1. The maximum atomic E-state index is 10.0. The number of hydrogen-bond acceptors (Lipinski definition) is 8. The van der Waals surface area contributed by atoms with E-state index < -0.39 is 0 Å². The molecule has 0 radical (unpaired) electrons. The largest absolute Gasteiger partial charge is 0.476 e. The number of fused-ring (bicyclic) bond motifs is 4. The molecule has 1 aliphatic rings. The molecule has 13 heteroatoms. The lowest BCUT2D eigenvalue weighted by molar-refractivity contribution is 0.154. The van der Waals surface area contributed by atoms with Gasteiger partial charge in [0, 0.05) is 25.0 Å². The highest BCUT2D eigenvalue weighted by molar-refractivity contribution is 14.2. The van der Waals surface area contributed by atoms with Crippen molar-refractivity contribution in [3.05, 3.63) is 34.9 Å². The molecule has 0 spiro atoms. The zero-order valence-corrected chi connectivity index (χ0v) is 26.2. The minimum Gasteiger partial charge on any atom is -0.476 e. The Bertz CT molecular complexity index is 1530. The lowest BCUT2D eigenvalue weighted by Crippen LogP contribution is -2.35. The third kappa shape index (κ3) is 5.19. The quantitative estimate of drug-likeness (QED) is 0.246. The number of nitrogens with zero attached hydrogens (tertiary/aromatic N) is 8. The predicted octanol–water partition coefficient (Wildman–Crippen LogP) is 4.46. The smallest absolute Gasteiger partial charge is 0.240 e. The van der Waals surface area contributed by atoms with Gasteiger partial charge in [-0.3, -0.25) is 14.6 Å². The first-order valence-corrected chi connectivity index (χ1v) is 17.0. The highest BCUT2D eigenvalue weighted by Gasteiger charge is 2.25. The Morgan fingerprint density at radius 2 is 2.05 bits per heavy atom. The van der Waals surface area contributed by atoms with E-state index in [1.807, 2.05) is 55.3 Å². The molecule has 0 saturated heterocycles. The summed E-state index contributed by atoms with van der Waals surface area (Å²) in [6.07, 6.45) is 6.35. The lowest BCUT2D eigenvalue weighted by Gasteiger charge is -2.26. The van der Waals surface area contributed by atoms with Gasteiger partial charge >= 0.3 is 0 Å². The van der Waals surface area contributed by atoms with Crippen LogP contribution < -0.4 is 9.47 Å². The van der Waals surface area contributed by atoms with Crippen molar-refractivity contribution in [3.8, 4) is 23.0 Å². The number of halogens is 1. The van der Waals surface area contributed by atoms with E-state index >= 15 is 0 Å². The molecule has 0 aliphatic carbocycles. The summed E-state index contributed by atoms with van der Waals surface area (Å²) in [6, 6.07) is 1.93. The molecule has 5 heterocycles. The van der Waals surface area contributed by atoms with Crippen molar-refractivity contribution >= 4 is 51.5 Å². The molecule has 0 fully saturated rings. The monoisotopic (exact) mass is 664 g/mol. The zero-order chi connectivity index (χ0) is 27.8. The summed E-state index contributed by atoms with van der Waals surface area (Å²) in [5.41, 5.74) is 6.17. The summed E-state index contributed by atoms with van der Waals surface area (Å²) in [7, 11) is 3.96. The van der Waals surface area contributed by atoms with Gasteiger partial charge in [0.2, 0.25) is 11.8 Å². The van der Waals surface area contributed by atoms with Crippen molar-refractivity contribution < 1.29 is 14.6 Å². The second-order valence-electron chi connectivity index (χ2n) is 9.84. The molecule has 0 aromatic carbocycles. The number of likely N-dealkylation sites (N-methyl/N-ethyl adjacent to an activating group) is 1. The number of ether oxygens (including phenoxy) is 2. The van der Waals surface area contributed by atoms with Crippen LogP contribution in [0, 0.1) is 6.92 Å². The minimum atomic E-state index is -0.211. The molecule has 3 atom stereocenters. The van der Waals surface area contributed by atoms with Crippen LogP contribution >= 0.6 is 28.4 Å². The summed E-state index contributed by atoms with van der Waals surface area (Å²) in [5, 5.41) is 25.3. The SMILES string of the molecule is CCOc1nn(C(C)CO)c2c1/C=C/c1nn(PI)c3cnc(cc13)-c1c(C)nn(C)c1OCC(C)N(C)C2. The highest BCUT2D eigenvalue weighted by atomic mass is 127. The van der Waals surface area contributed by atoms with E-state index in [4.69, 9.17) is 24.7 Å². The topological polar surface area (TPSA) is 108 Å². The molecule has 0 amide bonds. The van der Waals surface area contributed by atoms with E-state index in [0.717, 1.165) is 44.8 Å². The maximum Gasteiger partial charge on any atom is 0.240 e. The second kappa shape index (κ2) is 11.5. The molecule has 1 N–H and O–H groups in total. The molecule has 3 unspecified atom stereocenters. The molecule has 208 valence electrons. The van der Waals surface area contributed by atoms with Crippen molar-refractivity contribution in [2.24, 2.45) is 7.05 Å². The van der Waals surface area contributed by atoms with Crippen LogP contribution in [-0.2, 0) is 13.6 Å². The Kier molecular flexibility index (Phi) is 8.27. The van der Waals surface area contributed by atoms with E-state index in [0.29, 0.717) is 37.9 Å². The summed E-state index contributed by atoms with van der Waals surface area (Å²) >= 11 is 2.33. The van der Waals surface area contributed by atoms with E-state index in [9.17, 15) is 5.11 Å². The van der Waals surface area contributed by atoms with Crippen LogP contribution in [0.5, 0.6) is 11.8 Å². The number of aliphatic hydroxyl groups is 1. The molecule has 0 saturated carbocycles. The molecular formula is C26H34IN8O3P. The Hall–Kier alpha value is -2.54. The summed E-state index contributed by atoms with van der Waals surface area (Å²) in [4.78, 5) is 7.03. The van der Waals surface area contributed by atoms with Crippen molar-refractivity contribution in [1.82, 2.24) is 39.0 Å². The Balaban J connectivity index is 1.76. The van der Waals surface area contributed by atoms with E-state index in [-0.39, 0.29) is 18.7 Å². The number of rotatable bonds is 5. The average Bonchev–Trinajstić information content (AvgIpc) is 3.55. The maximum absolute atomic E-state index is 10.0. The lowest BCUT2D eigenvalue weighted by atomic mass is 10.1. The van der Waals surface area contributed by atoms with Gasteiger partial charge in [0.05, 0.1) is 71.2 Å². The van der Waals surface area contributed by atoms with Gasteiger partial charge in [0.1, 0.15) is 6.61 Å². The number of aliphatic hydroxyl groups excluding tert-OH is 1. The zero-order valence-electron chi connectivity index (χ0n) is 23.0. The first-order valence-electron chi connectivity index (χ1n) is 12.9. The molecule has 11 nitrogen and oxygen atoms in total. The van der Waals surface area contributed by atoms with Gasteiger partial charge in [0.15, 0.2) is 0 Å². The van der Waals surface area contributed by atoms with Gasteiger partial charge < -0.3 is 14.6 Å². The van der Waals surface area contributed by atoms with Gasteiger partial charge in [-0.15, -0.1) is 5.10 Å². The van der Waals surface area contributed by atoms with Crippen LogP contribution in [0.1, 0.15) is 49.5 Å². The van der Waals surface area contributed by atoms with Crippen molar-refractivity contribution in [3.63, 3.8) is 0 Å². The highest BCUT2D eigenvalue weighted by Crippen LogP contribution is 2.37. The molecule has 4 aromatic heterocycles. The van der Waals surface area contributed by atoms with Gasteiger partial charge in [-0.25, -0.2) is 9.13 Å². The fourth-order valence-corrected chi connectivity index (χ4v) is 6.33. The molecule has 4 aromatic rings. The first kappa shape index (κ1) is 28.0. The van der Waals surface area contributed by atoms with Crippen LogP contribution in [0.3, 0.4) is 0 Å². The fraction of sp³-hybridized carbons (Fsp3) is 0.462. The van der Waals surface area contributed by atoms with E-state index in [1.165, 1.54) is 0 Å². The molecule has 5 rings (SSSR count). The van der Waals surface area contributed by atoms with Crippen molar-refractivity contribution in [1.29, 1.82) is 0 Å². The Labute approximate surface area is 242 Å². The van der Waals surface area contributed by atoms with Gasteiger partial charge in [-0.1, -0.05) is 0 Å². The van der Waals surface area contributed by atoms with Crippen LogP contribution in [0.25, 0.3) is 34.3 Å². The van der Waals surface area contributed by atoms with Gasteiger partial charge in [-0.05, 0) is 75.0 Å². The summed E-state index contributed by atoms with van der Waals surface area (Å²) in [6.45, 7) is 9.50. The third-order valence-corrected chi connectivity index (χ3v) is 8.97. The molecular weight excluding hydrogens is 630 g/mol. The second-order valence-corrected chi connectivity index (χ2v) is 11.9. The predicted molar refractivity (Wildman–Crippen MR) is 163 cm³/mol. The van der Waals surface area contributed by atoms with Crippen LogP contribution in [-0.4, -0.2) is 77.0 Å². The van der Waals surface area contributed by atoms with Gasteiger partial charge in [0.25, 0.3) is 0 Å². The minimum absolute atomic E-state index is 0.0319. The van der Waals surface area contributed by atoms with E-state index in [1.54, 1.807) is 4.68 Å². The number of aromatic nitrogens is 7. The average molecular weight is 664 g/mol. The Morgan fingerprint density at radius 1 is 1.26 bits per heavy atom. The molecule has 39 heavy (non-hydrogen) atoms. The van der Waals surface area contributed by atoms with Gasteiger partial charge in [-0.2, -0.15) is 10.2 Å². The van der Waals surface area contributed by atoms with Crippen LogP contribution in [0.2, 0.25) is 0 Å². The number of pyridine rings is 1. The number of hydrogen-bond donors (Lipinski definition) is 1. The van der Waals surface area contributed by atoms with Crippen molar-refractivity contribution in [2.45, 2.75) is 46.3 Å². The van der Waals surface area contributed by atoms with Crippen molar-refractivity contribution in [2.75, 3.05) is 26.9 Å². The first-order chi connectivity index (χ1) is 18.8. The number of aryl methyl sites for hydroxylation is 2. The van der Waals surface area contributed by atoms with E-state index in [2.05, 4.69) is 52.1 Å². The fourth-order valence-electron chi connectivity index (χ4n) is 4.81.